The molecule has 0 N–H and O–H groups in total. The van der Waals surface area contributed by atoms with Gasteiger partial charge in [0.2, 0.25) is 0 Å². The highest BCUT2D eigenvalue weighted by molar-refractivity contribution is 6.22. The maximum absolute atomic E-state index is 5.32. The fraction of sp³-hybridized carbons (Fsp3) is 0. The smallest absolute Gasteiger partial charge is 0.160 e. The number of fused-ring (bicyclic) bond motifs is 5. The van der Waals surface area contributed by atoms with Crippen LogP contribution >= 0.6 is 0 Å². The maximum Gasteiger partial charge on any atom is 0.160 e. The second kappa shape index (κ2) is 13.4. The molecule has 10 aromatic rings. The third-order valence-electron chi connectivity index (χ3n) is 10.3. The Morgan fingerprint density at radius 1 is 0.278 bits per heavy atom. The van der Waals surface area contributed by atoms with Crippen LogP contribution in [0.15, 0.2) is 200 Å². The van der Waals surface area contributed by atoms with Crippen LogP contribution in [0, 0.1) is 0 Å². The molecule has 8 aromatic carbocycles. The van der Waals surface area contributed by atoms with Crippen molar-refractivity contribution in [1.82, 2.24) is 15.0 Å². The first kappa shape index (κ1) is 31.5. The van der Waals surface area contributed by atoms with E-state index in [-0.39, 0.29) is 0 Å². The van der Waals surface area contributed by atoms with Crippen molar-refractivity contribution in [3.63, 3.8) is 0 Å². The Morgan fingerprint density at radius 3 is 1.46 bits per heavy atom. The van der Waals surface area contributed by atoms with Crippen LogP contribution in [0.2, 0.25) is 0 Å². The molecule has 3 nitrogen and oxygen atoms in total. The zero-order valence-corrected chi connectivity index (χ0v) is 29.4. The molecular formula is C51H33N3. The lowest BCUT2D eigenvalue weighted by molar-refractivity contribution is 1.18. The Balaban J connectivity index is 1.09. The monoisotopic (exact) mass is 687 g/mol. The zero-order chi connectivity index (χ0) is 35.8. The largest absolute Gasteiger partial charge is 0.247 e. The fourth-order valence-electron chi connectivity index (χ4n) is 7.53. The van der Waals surface area contributed by atoms with Crippen molar-refractivity contribution in [1.29, 1.82) is 0 Å². The summed E-state index contributed by atoms with van der Waals surface area (Å²) in [6.07, 6.45) is 0. The lowest BCUT2D eigenvalue weighted by atomic mass is 9.93. The van der Waals surface area contributed by atoms with E-state index in [0.29, 0.717) is 5.82 Å². The topological polar surface area (TPSA) is 38.7 Å². The zero-order valence-electron chi connectivity index (χ0n) is 29.4. The van der Waals surface area contributed by atoms with E-state index in [1.54, 1.807) is 0 Å². The first-order valence-corrected chi connectivity index (χ1v) is 18.3. The van der Waals surface area contributed by atoms with Crippen molar-refractivity contribution in [3.05, 3.63) is 200 Å². The van der Waals surface area contributed by atoms with Crippen LogP contribution in [0.5, 0.6) is 0 Å². The Kier molecular flexibility index (Phi) is 7.81. The van der Waals surface area contributed by atoms with Crippen molar-refractivity contribution in [2.45, 2.75) is 0 Å². The first-order valence-electron chi connectivity index (χ1n) is 18.3. The van der Waals surface area contributed by atoms with Gasteiger partial charge in [-0.3, -0.25) is 0 Å². The van der Waals surface area contributed by atoms with Gasteiger partial charge in [0.05, 0.1) is 22.6 Å². The van der Waals surface area contributed by atoms with Gasteiger partial charge in [-0.2, -0.15) is 0 Å². The van der Waals surface area contributed by atoms with E-state index in [4.69, 9.17) is 15.0 Å². The van der Waals surface area contributed by atoms with E-state index in [0.717, 1.165) is 55.6 Å². The molecular weight excluding hydrogens is 655 g/mol. The fourth-order valence-corrected chi connectivity index (χ4v) is 7.53. The van der Waals surface area contributed by atoms with Gasteiger partial charge in [-0.05, 0) is 51.2 Å². The van der Waals surface area contributed by atoms with Gasteiger partial charge in [0, 0.05) is 38.4 Å². The highest BCUT2D eigenvalue weighted by Crippen LogP contribution is 2.39. The summed E-state index contributed by atoms with van der Waals surface area (Å²) in [6, 6.07) is 70.3. The quantitative estimate of drug-likeness (QED) is 0.163. The molecule has 10 rings (SSSR count). The van der Waals surface area contributed by atoms with Crippen LogP contribution in [-0.2, 0) is 0 Å². The van der Waals surface area contributed by atoms with Crippen molar-refractivity contribution in [2.24, 2.45) is 0 Å². The third kappa shape index (κ3) is 5.78. The number of hydrogen-bond acceptors (Lipinski definition) is 3. The molecule has 2 aromatic heterocycles. The summed E-state index contributed by atoms with van der Waals surface area (Å²) >= 11 is 0. The summed E-state index contributed by atoms with van der Waals surface area (Å²) in [6.45, 7) is 0. The van der Waals surface area contributed by atoms with E-state index in [9.17, 15) is 0 Å². The lowest BCUT2D eigenvalue weighted by Gasteiger charge is -2.14. The second-order valence-corrected chi connectivity index (χ2v) is 13.6. The number of rotatable bonds is 6. The van der Waals surface area contributed by atoms with Gasteiger partial charge in [-0.1, -0.05) is 182 Å². The summed E-state index contributed by atoms with van der Waals surface area (Å²) in [5, 5.41) is 5.93. The lowest BCUT2D eigenvalue weighted by Crippen LogP contribution is -1.96. The molecule has 0 spiro atoms. The molecule has 0 saturated carbocycles. The highest BCUT2D eigenvalue weighted by Gasteiger charge is 2.16. The van der Waals surface area contributed by atoms with E-state index in [2.05, 4.69) is 176 Å². The van der Waals surface area contributed by atoms with Crippen molar-refractivity contribution in [3.8, 4) is 67.4 Å². The van der Waals surface area contributed by atoms with Crippen LogP contribution in [-0.4, -0.2) is 15.0 Å². The van der Waals surface area contributed by atoms with Gasteiger partial charge in [-0.15, -0.1) is 0 Å². The van der Waals surface area contributed by atoms with Crippen molar-refractivity contribution in [2.75, 3.05) is 0 Å². The molecule has 0 saturated heterocycles. The number of benzene rings is 8. The number of nitrogens with zero attached hydrogens (tertiary/aromatic N) is 3. The Bertz CT molecular complexity index is 2940. The Morgan fingerprint density at radius 2 is 0.778 bits per heavy atom. The minimum absolute atomic E-state index is 0.681. The van der Waals surface area contributed by atoms with Crippen LogP contribution in [0.1, 0.15) is 0 Å². The van der Waals surface area contributed by atoms with Gasteiger partial charge in [-0.25, -0.2) is 15.0 Å². The summed E-state index contributed by atoms with van der Waals surface area (Å²) in [5.41, 5.74) is 12.5. The summed E-state index contributed by atoms with van der Waals surface area (Å²) in [7, 11) is 0. The predicted octanol–water partition coefficient (Wildman–Crippen LogP) is 13.3. The van der Waals surface area contributed by atoms with Crippen LogP contribution < -0.4 is 0 Å². The van der Waals surface area contributed by atoms with Crippen molar-refractivity contribution >= 4 is 32.4 Å². The number of pyridine rings is 1. The second-order valence-electron chi connectivity index (χ2n) is 13.6. The predicted molar refractivity (Wildman–Crippen MR) is 225 cm³/mol. The average Bonchev–Trinajstić information content (AvgIpc) is 3.26. The molecule has 0 bridgehead atoms. The summed E-state index contributed by atoms with van der Waals surface area (Å²) in [5.74, 6) is 0.681. The Hall–Kier alpha value is -7.23. The summed E-state index contributed by atoms with van der Waals surface area (Å²) in [4.78, 5) is 15.6. The summed E-state index contributed by atoms with van der Waals surface area (Å²) < 4.78 is 0. The Labute approximate surface area is 313 Å². The van der Waals surface area contributed by atoms with E-state index in [1.807, 2.05) is 24.3 Å². The van der Waals surface area contributed by atoms with Gasteiger partial charge in [0.1, 0.15) is 0 Å². The molecule has 3 heteroatoms. The molecule has 0 radical (unpaired) electrons. The third-order valence-corrected chi connectivity index (χ3v) is 10.3. The van der Waals surface area contributed by atoms with E-state index < -0.39 is 0 Å². The highest BCUT2D eigenvalue weighted by atomic mass is 14.9. The molecule has 54 heavy (non-hydrogen) atoms. The van der Waals surface area contributed by atoms with Gasteiger partial charge in [0.25, 0.3) is 0 Å². The van der Waals surface area contributed by atoms with Crippen LogP contribution in [0.25, 0.3) is 99.9 Å². The van der Waals surface area contributed by atoms with E-state index >= 15 is 0 Å². The van der Waals surface area contributed by atoms with Crippen LogP contribution in [0.3, 0.4) is 0 Å². The first-order chi connectivity index (χ1) is 26.7. The molecule has 0 atom stereocenters. The van der Waals surface area contributed by atoms with Gasteiger partial charge >= 0.3 is 0 Å². The van der Waals surface area contributed by atoms with Crippen LogP contribution in [0.4, 0.5) is 0 Å². The maximum atomic E-state index is 5.32. The molecule has 0 aliphatic carbocycles. The molecule has 0 unspecified atom stereocenters. The minimum Gasteiger partial charge on any atom is -0.247 e. The SMILES string of the molecule is c1ccc(-c2ccc(-c3cc(-c4ccccc4)nc(-c4ccc(-c5nc6ccc(-c7ccccc7)cc6c6c5ccc5ccccc56)cc4)n3)cc2)cc1. The van der Waals surface area contributed by atoms with Gasteiger partial charge < -0.3 is 0 Å². The van der Waals surface area contributed by atoms with E-state index in [1.165, 1.54) is 38.4 Å². The molecule has 0 aliphatic heterocycles. The molecule has 0 aliphatic rings. The average molecular weight is 688 g/mol. The standard InChI is InChI=1S/C51H33N3/c1-4-12-34(13-5-1)36-20-22-39(23-21-36)48-33-47(38-17-8-3-9-18-38)53-51(54-48)41-26-24-40(25-27-41)50-44-30-28-37-16-10-11-19-43(37)49(44)45-32-42(29-31-46(45)52-50)35-14-6-2-7-15-35/h1-33H. The normalized spacial score (nSPS) is 11.3. The molecule has 0 amide bonds. The van der Waals surface area contributed by atoms with Gasteiger partial charge in [0.15, 0.2) is 5.82 Å². The minimum atomic E-state index is 0.681. The number of hydrogen-bond donors (Lipinski definition) is 0. The molecule has 252 valence electrons. The van der Waals surface area contributed by atoms with Crippen molar-refractivity contribution < 1.29 is 0 Å². The molecule has 0 fully saturated rings. The molecule has 2 heterocycles. The number of aromatic nitrogens is 3.